The molecular formula is C36H48N8O4. The summed E-state index contributed by atoms with van der Waals surface area (Å²) >= 11 is 0. The van der Waals surface area contributed by atoms with Gasteiger partial charge in [0, 0.05) is 50.9 Å². The average Bonchev–Trinajstić information content (AvgIpc) is 3.48. The number of carbonyl (C=O) groups is 1. The lowest BCUT2D eigenvalue weighted by molar-refractivity contribution is -0.0292. The first-order valence-corrected chi connectivity index (χ1v) is 17.0. The first-order valence-electron chi connectivity index (χ1n) is 17.0. The molecule has 1 saturated heterocycles. The number of anilines is 1. The number of piperazine rings is 1. The van der Waals surface area contributed by atoms with E-state index in [4.69, 9.17) is 25.4 Å². The van der Waals surface area contributed by atoms with Gasteiger partial charge in [-0.3, -0.25) is 9.80 Å². The number of aromatic nitrogens is 4. The molecule has 2 aliphatic rings. The molecule has 12 heteroatoms. The van der Waals surface area contributed by atoms with Crippen LogP contribution >= 0.6 is 0 Å². The van der Waals surface area contributed by atoms with Crippen LogP contribution in [-0.4, -0.2) is 98.8 Å². The lowest BCUT2D eigenvalue weighted by Gasteiger charge is -2.42. The van der Waals surface area contributed by atoms with Crippen molar-refractivity contribution in [2.45, 2.75) is 64.6 Å². The number of amides is 1. The second-order valence-electron chi connectivity index (χ2n) is 13.9. The monoisotopic (exact) mass is 656 g/mol. The standard InChI is InChI=1S/C36H48N8O4/c1-36(2,3)30(23-38-35(45)46)47-22-21-42-17-19-43(20-18-42)26-11-13-27(14-12-26)44-34-31(33(37)39-24-40-34)32(41-44)25-9-15-29(16-10-25)48-28-7-5-4-6-8-28/h4-10,15-16,24,26-27,30,38H,11-14,17-23H2,1-3H3,(H,45,46)(H2,37,39,40). The van der Waals surface area contributed by atoms with E-state index in [9.17, 15) is 4.79 Å². The molecule has 0 spiro atoms. The quantitative estimate of drug-likeness (QED) is 0.185. The normalized spacial score (nSPS) is 20.1. The summed E-state index contributed by atoms with van der Waals surface area (Å²) < 4.78 is 14.2. The van der Waals surface area contributed by atoms with E-state index in [0.29, 0.717) is 25.0 Å². The van der Waals surface area contributed by atoms with Gasteiger partial charge in [0.2, 0.25) is 0 Å². The number of carboxylic acid groups (broad SMARTS) is 1. The molecule has 1 atom stereocenters. The fraction of sp³-hybridized carbons (Fsp3) is 0.500. The van der Waals surface area contributed by atoms with Gasteiger partial charge in [-0.05, 0) is 67.5 Å². The van der Waals surface area contributed by atoms with Crippen molar-refractivity contribution in [3.8, 4) is 22.8 Å². The molecule has 1 saturated carbocycles. The van der Waals surface area contributed by atoms with Crippen LogP contribution in [0.3, 0.4) is 0 Å². The number of ether oxygens (including phenoxy) is 2. The van der Waals surface area contributed by atoms with E-state index in [-0.39, 0.29) is 17.6 Å². The van der Waals surface area contributed by atoms with Crippen LogP contribution in [0.2, 0.25) is 0 Å². The Morgan fingerprint density at radius 2 is 1.62 bits per heavy atom. The largest absolute Gasteiger partial charge is 0.465 e. The van der Waals surface area contributed by atoms with Crippen molar-refractivity contribution in [1.82, 2.24) is 34.9 Å². The highest BCUT2D eigenvalue weighted by Gasteiger charge is 2.32. The fourth-order valence-electron chi connectivity index (χ4n) is 6.90. The van der Waals surface area contributed by atoms with E-state index in [1.54, 1.807) is 0 Å². The minimum atomic E-state index is -1.02. The van der Waals surface area contributed by atoms with Crippen LogP contribution in [0.1, 0.15) is 52.5 Å². The molecule has 2 aromatic heterocycles. The average molecular weight is 657 g/mol. The van der Waals surface area contributed by atoms with Gasteiger partial charge in [-0.15, -0.1) is 0 Å². The Labute approximate surface area is 282 Å². The van der Waals surface area contributed by atoms with Crippen molar-refractivity contribution in [2.24, 2.45) is 5.41 Å². The lowest BCUT2D eigenvalue weighted by atomic mass is 9.89. The number of hydrogen-bond acceptors (Lipinski definition) is 9. The summed E-state index contributed by atoms with van der Waals surface area (Å²) in [5, 5.41) is 17.4. The number of para-hydroxylation sites is 1. The highest BCUT2D eigenvalue weighted by atomic mass is 16.5. The molecule has 1 aliphatic heterocycles. The van der Waals surface area contributed by atoms with E-state index in [1.807, 2.05) is 54.6 Å². The molecule has 2 aromatic carbocycles. The number of nitrogens with two attached hydrogens (primary N) is 1. The summed E-state index contributed by atoms with van der Waals surface area (Å²) in [6.45, 7) is 12.1. The van der Waals surface area contributed by atoms with Crippen LogP contribution in [0.25, 0.3) is 22.3 Å². The van der Waals surface area contributed by atoms with Crippen LogP contribution in [0.4, 0.5) is 10.6 Å². The van der Waals surface area contributed by atoms with Crippen LogP contribution in [0.5, 0.6) is 11.5 Å². The third-order valence-electron chi connectivity index (χ3n) is 9.69. The maximum absolute atomic E-state index is 11.0. The molecule has 6 rings (SSSR count). The highest BCUT2D eigenvalue weighted by molar-refractivity contribution is 5.98. The predicted molar refractivity (Wildman–Crippen MR) is 186 cm³/mol. The highest BCUT2D eigenvalue weighted by Crippen LogP contribution is 2.37. The molecule has 48 heavy (non-hydrogen) atoms. The van der Waals surface area contributed by atoms with Gasteiger partial charge in [0.05, 0.1) is 24.1 Å². The molecule has 1 unspecified atom stereocenters. The smallest absolute Gasteiger partial charge is 0.404 e. The maximum Gasteiger partial charge on any atom is 0.404 e. The number of fused-ring (bicyclic) bond motifs is 1. The van der Waals surface area contributed by atoms with Gasteiger partial charge < -0.3 is 25.6 Å². The van der Waals surface area contributed by atoms with Crippen LogP contribution < -0.4 is 15.8 Å². The van der Waals surface area contributed by atoms with Crippen molar-refractivity contribution < 1.29 is 19.4 Å². The van der Waals surface area contributed by atoms with E-state index >= 15 is 0 Å². The topological polar surface area (TPSA) is 144 Å². The van der Waals surface area contributed by atoms with Gasteiger partial charge in [-0.25, -0.2) is 19.4 Å². The molecule has 4 aromatic rings. The van der Waals surface area contributed by atoms with Crippen LogP contribution in [0, 0.1) is 5.41 Å². The molecule has 12 nitrogen and oxygen atoms in total. The number of nitrogens with one attached hydrogen (secondary N) is 1. The summed E-state index contributed by atoms with van der Waals surface area (Å²) in [7, 11) is 0. The van der Waals surface area contributed by atoms with Crippen LogP contribution in [0.15, 0.2) is 60.9 Å². The minimum Gasteiger partial charge on any atom is -0.465 e. The second kappa shape index (κ2) is 14.9. The summed E-state index contributed by atoms with van der Waals surface area (Å²) in [6, 6.07) is 18.5. The third kappa shape index (κ3) is 8.05. The Morgan fingerprint density at radius 3 is 2.29 bits per heavy atom. The van der Waals surface area contributed by atoms with Crippen molar-refractivity contribution >= 4 is 22.9 Å². The van der Waals surface area contributed by atoms with Gasteiger partial charge >= 0.3 is 6.09 Å². The first-order chi connectivity index (χ1) is 23.2. The predicted octanol–water partition coefficient (Wildman–Crippen LogP) is 5.67. The Bertz CT molecular complexity index is 1640. The Kier molecular flexibility index (Phi) is 10.4. The number of nitrogens with zero attached hydrogens (tertiary/aromatic N) is 6. The summed E-state index contributed by atoms with van der Waals surface area (Å²) in [5.41, 5.74) is 8.80. The molecule has 1 amide bonds. The van der Waals surface area contributed by atoms with E-state index < -0.39 is 6.09 Å². The minimum absolute atomic E-state index is 0.146. The van der Waals surface area contributed by atoms with E-state index in [2.05, 4.69) is 50.5 Å². The zero-order valence-electron chi connectivity index (χ0n) is 28.2. The zero-order chi connectivity index (χ0) is 33.7. The molecule has 0 radical (unpaired) electrons. The number of rotatable bonds is 11. The second-order valence-corrected chi connectivity index (χ2v) is 13.9. The summed E-state index contributed by atoms with van der Waals surface area (Å²) in [6.07, 6.45) is 4.62. The molecule has 256 valence electrons. The number of benzene rings is 2. The molecule has 1 aliphatic carbocycles. The van der Waals surface area contributed by atoms with Crippen molar-refractivity contribution in [2.75, 3.05) is 51.6 Å². The maximum atomic E-state index is 11.0. The molecule has 0 bridgehead atoms. The number of nitrogen functional groups attached to an aromatic ring is 1. The van der Waals surface area contributed by atoms with E-state index in [0.717, 1.165) is 92.2 Å². The van der Waals surface area contributed by atoms with E-state index in [1.165, 1.54) is 6.33 Å². The molecule has 4 N–H and O–H groups in total. The summed E-state index contributed by atoms with van der Waals surface area (Å²) in [5.74, 6) is 1.98. The van der Waals surface area contributed by atoms with Crippen molar-refractivity contribution in [3.05, 3.63) is 60.9 Å². The SMILES string of the molecule is CC(C)(C)C(CNC(=O)O)OCCN1CCN(C2CCC(n3nc(-c4ccc(Oc5ccccc5)cc4)c4c(N)ncnc43)CC2)CC1. The first kappa shape index (κ1) is 33.6. The van der Waals surface area contributed by atoms with Crippen LogP contribution in [-0.2, 0) is 4.74 Å². The molecule has 3 heterocycles. The number of hydrogen-bond donors (Lipinski definition) is 3. The van der Waals surface area contributed by atoms with Gasteiger partial charge in [0.1, 0.15) is 29.3 Å². The Balaban J connectivity index is 1.03. The van der Waals surface area contributed by atoms with Crippen molar-refractivity contribution in [3.63, 3.8) is 0 Å². The summed E-state index contributed by atoms with van der Waals surface area (Å²) in [4.78, 5) is 25.0. The van der Waals surface area contributed by atoms with Gasteiger partial charge in [0.15, 0.2) is 5.65 Å². The zero-order valence-corrected chi connectivity index (χ0v) is 28.2. The Morgan fingerprint density at radius 1 is 0.958 bits per heavy atom. The third-order valence-corrected chi connectivity index (χ3v) is 9.69. The Hall–Kier alpha value is -4.26. The molecule has 2 fully saturated rings. The molecular weight excluding hydrogens is 608 g/mol. The van der Waals surface area contributed by atoms with Crippen molar-refractivity contribution in [1.29, 1.82) is 0 Å². The fourth-order valence-corrected chi connectivity index (χ4v) is 6.90. The van der Waals surface area contributed by atoms with Gasteiger partial charge in [0.25, 0.3) is 0 Å². The van der Waals surface area contributed by atoms with Gasteiger partial charge in [-0.1, -0.05) is 39.0 Å². The van der Waals surface area contributed by atoms with Gasteiger partial charge in [-0.2, -0.15) is 5.10 Å². The lowest BCUT2D eigenvalue weighted by Crippen LogP contribution is -2.52.